The third-order valence-corrected chi connectivity index (χ3v) is 3.91. The van der Waals surface area contributed by atoms with Crippen LogP contribution in [0.4, 0.5) is 0 Å². The zero-order valence-corrected chi connectivity index (χ0v) is 10.3. The summed E-state index contributed by atoms with van der Waals surface area (Å²) < 4.78 is 2.22. The Morgan fingerprint density at radius 1 is 1.41 bits per heavy atom. The molecular formula is C15H16N2. The van der Waals surface area contributed by atoms with Crippen LogP contribution in [0.25, 0.3) is 10.9 Å². The molecule has 1 aromatic carbocycles. The van der Waals surface area contributed by atoms with E-state index in [4.69, 9.17) is 0 Å². The second-order valence-corrected chi connectivity index (χ2v) is 5.02. The second kappa shape index (κ2) is 3.63. The Morgan fingerprint density at radius 3 is 3.00 bits per heavy atom. The van der Waals surface area contributed by atoms with E-state index >= 15 is 0 Å². The lowest BCUT2D eigenvalue weighted by Crippen LogP contribution is -2.10. The molecule has 3 rings (SSSR count). The van der Waals surface area contributed by atoms with E-state index in [0.29, 0.717) is 0 Å². The maximum Gasteiger partial charge on any atom is 0.0867 e. The van der Waals surface area contributed by atoms with Crippen molar-refractivity contribution < 1.29 is 0 Å². The normalized spacial score (nSPS) is 19.0. The van der Waals surface area contributed by atoms with Crippen molar-refractivity contribution in [3.05, 3.63) is 35.0 Å². The molecule has 1 aliphatic rings. The van der Waals surface area contributed by atoms with Crippen molar-refractivity contribution in [2.24, 2.45) is 7.05 Å². The summed E-state index contributed by atoms with van der Waals surface area (Å²) in [5, 5.41) is 10.6. The molecule has 0 aliphatic heterocycles. The van der Waals surface area contributed by atoms with Gasteiger partial charge in [-0.3, -0.25) is 0 Å². The summed E-state index contributed by atoms with van der Waals surface area (Å²) in [5.41, 5.74) is 5.22. The predicted octanol–water partition coefficient (Wildman–Crippen LogP) is 3.43. The Morgan fingerprint density at radius 2 is 2.24 bits per heavy atom. The van der Waals surface area contributed by atoms with Gasteiger partial charge in [-0.1, -0.05) is 11.6 Å². The van der Waals surface area contributed by atoms with Gasteiger partial charge in [0, 0.05) is 23.6 Å². The molecule has 0 saturated carbocycles. The highest BCUT2D eigenvalue weighted by Crippen LogP contribution is 2.37. The standard InChI is InChI=1S/C15H16N2/c1-10-6-7-14-13(8-10)12-5-3-4-11(9-16)15(12)17(14)2/h6-8,11H,3-5H2,1-2H3/t11-/m1/s1. The molecule has 0 spiro atoms. The van der Waals surface area contributed by atoms with Crippen molar-refractivity contribution in [2.75, 3.05) is 0 Å². The quantitative estimate of drug-likeness (QED) is 0.674. The fourth-order valence-corrected chi connectivity index (χ4v) is 3.11. The van der Waals surface area contributed by atoms with Crippen LogP contribution in [0.15, 0.2) is 18.2 Å². The number of hydrogen-bond acceptors (Lipinski definition) is 1. The minimum Gasteiger partial charge on any atom is -0.346 e. The fourth-order valence-electron chi connectivity index (χ4n) is 3.11. The molecule has 1 heterocycles. The van der Waals surface area contributed by atoms with Crippen LogP contribution >= 0.6 is 0 Å². The average molecular weight is 224 g/mol. The molecule has 0 amide bonds. The number of nitriles is 1. The second-order valence-electron chi connectivity index (χ2n) is 5.02. The van der Waals surface area contributed by atoms with Gasteiger partial charge < -0.3 is 4.57 Å². The molecule has 1 aliphatic carbocycles. The predicted molar refractivity (Wildman–Crippen MR) is 68.9 cm³/mol. The Labute approximate surface area is 101 Å². The number of rotatable bonds is 0. The summed E-state index contributed by atoms with van der Waals surface area (Å²) in [4.78, 5) is 0. The van der Waals surface area contributed by atoms with Crippen molar-refractivity contribution in [3.63, 3.8) is 0 Å². The molecule has 86 valence electrons. The summed E-state index contributed by atoms with van der Waals surface area (Å²) in [5.74, 6) is 0.0801. The van der Waals surface area contributed by atoms with Crippen molar-refractivity contribution in [1.29, 1.82) is 5.26 Å². The molecule has 2 nitrogen and oxygen atoms in total. The molecule has 0 N–H and O–H groups in total. The molecule has 0 radical (unpaired) electrons. The highest BCUT2D eigenvalue weighted by Gasteiger charge is 2.26. The van der Waals surface area contributed by atoms with E-state index in [1.165, 1.54) is 27.7 Å². The third kappa shape index (κ3) is 1.39. The lowest BCUT2D eigenvalue weighted by molar-refractivity contribution is 0.605. The zero-order valence-electron chi connectivity index (χ0n) is 10.3. The monoisotopic (exact) mass is 224 g/mol. The van der Waals surface area contributed by atoms with E-state index in [1.54, 1.807) is 0 Å². The van der Waals surface area contributed by atoms with Crippen LogP contribution in [-0.4, -0.2) is 4.57 Å². The first-order chi connectivity index (χ1) is 8.22. The van der Waals surface area contributed by atoms with E-state index in [-0.39, 0.29) is 5.92 Å². The minimum absolute atomic E-state index is 0.0801. The van der Waals surface area contributed by atoms with Gasteiger partial charge in [0.2, 0.25) is 0 Å². The van der Waals surface area contributed by atoms with Gasteiger partial charge in [-0.25, -0.2) is 0 Å². The van der Waals surface area contributed by atoms with Crippen molar-refractivity contribution in [3.8, 4) is 6.07 Å². The van der Waals surface area contributed by atoms with E-state index in [1.807, 2.05) is 0 Å². The van der Waals surface area contributed by atoms with Gasteiger partial charge in [-0.2, -0.15) is 5.26 Å². The molecule has 0 saturated heterocycles. The number of nitrogens with zero attached hydrogens (tertiary/aromatic N) is 2. The van der Waals surface area contributed by atoms with Gasteiger partial charge in [0.15, 0.2) is 0 Å². The Hall–Kier alpha value is -1.75. The van der Waals surface area contributed by atoms with Crippen LogP contribution in [-0.2, 0) is 13.5 Å². The van der Waals surface area contributed by atoms with Crippen molar-refractivity contribution in [2.45, 2.75) is 32.1 Å². The Bertz CT molecular complexity index is 628. The molecule has 1 atom stereocenters. The molecule has 1 aromatic heterocycles. The van der Waals surface area contributed by atoms with Crippen LogP contribution < -0.4 is 0 Å². The molecule has 2 heteroatoms. The van der Waals surface area contributed by atoms with Crippen LogP contribution in [0.5, 0.6) is 0 Å². The maximum absolute atomic E-state index is 9.28. The SMILES string of the molecule is Cc1ccc2c(c1)c1c(n2C)[C@@H](C#N)CCC1. The van der Waals surface area contributed by atoms with Gasteiger partial charge in [0.25, 0.3) is 0 Å². The van der Waals surface area contributed by atoms with Crippen LogP contribution in [0.1, 0.15) is 35.6 Å². The van der Waals surface area contributed by atoms with E-state index in [9.17, 15) is 5.26 Å². The Balaban J connectivity index is 2.38. The molecule has 17 heavy (non-hydrogen) atoms. The Kier molecular flexibility index (Phi) is 2.22. The van der Waals surface area contributed by atoms with E-state index in [0.717, 1.165) is 19.3 Å². The number of hydrogen-bond donors (Lipinski definition) is 0. The van der Waals surface area contributed by atoms with Gasteiger partial charge >= 0.3 is 0 Å². The minimum atomic E-state index is 0.0801. The number of aryl methyl sites for hydroxylation is 3. The highest BCUT2D eigenvalue weighted by atomic mass is 15.0. The van der Waals surface area contributed by atoms with Crippen LogP contribution in [0.2, 0.25) is 0 Å². The number of fused-ring (bicyclic) bond motifs is 3. The lowest BCUT2D eigenvalue weighted by Gasteiger charge is -2.18. The van der Waals surface area contributed by atoms with Crippen LogP contribution in [0, 0.1) is 18.3 Å². The van der Waals surface area contributed by atoms with Crippen molar-refractivity contribution in [1.82, 2.24) is 4.57 Å². The van der Waals surface area contributed by atoms with Gasteiger partial charge in [-0.15, -0.1) is 0 Å². The first-order valence-corrected chi connectivity index (χ1v) is 6.20. The smallest absolute Gasteiger partial charge is 0.0867 e. The van der Waals surface area contributed by atoms with Gasteiger partial charge in [0.1, 0.15) is 0 Å². The summed E-state index contributed by atoms with van der Waals surface area (Å²) >= 11 is 0. The largest absolute Gasteiger partial charge is 0.346 e. The first kappa shape index (κ1) is 10.4. The lowest BCUT2D eigenvalue weighted by atomic mass is 9.87. The van der Waals surface area contributed by atoms with E-state index in [2.05, 4.69) is 42.8 Å². The molecular weight excluding hydrogens is 208 g/mol. The average Bonchev–Trinajstić information content (AvgIpc) is 2.63. The van der Waals surface area contributed by atoms with Gasteiger partial charge in [-0.05, 0) is 43.9 Å². The molecule has 0 bridgehead atoms. The first-order valence-electron chi connectivity index (χ1n) is 6.20. The number of benzene rings is 1. The van der Waals surface area contributed by atoms with E-state index < -0.39 is 0 Å². The van der Waals surface area contributed by atoms with Crippen LogP contribution in [0.3, 0.4) is 0 Å². The van der Waals surface area contributed by atoms with Gasteiger partial charge in [0.05, 0.1) is 12.0 Å². The number of aromatic nitrogens is 1. The zero-order chi connectivity index (χ0) is 12.0. The fraction of sp³-hybridized carbons (Fsp3) is 0.400. The third-order valence-electron chi connectivity index (χ3n) is 3.91. The summed E-state index contributed by atoms with van der Waals surface area (Å²) in [6.07, 6.45) is 3.26. The summed E-state index contributed by atoms with van der Waals surface area (Å²) in [6.45, 7) is 2.13. The highest BCUT2D eigenvalue weighted by molar-refractivity contribution is 5.86. The molecule has 0 unspecified atom stereocenters. The summed E-state index contributed by atoms with van der Waals surface area (Å²) in [6, 6.07) is 9.04. The topological polar surface area (TPSA) is 28.7 Å². The maximum atomic E-state index is 9.28. The molecule has 0 fully saturated rings. The summed E-state index contributed by atoms with van der Waals surface area (Å²) in [7, 11) is 2.09. The molecule has 2 aromatic rings. The van der Waals surface area contributed by atoms with Crippen molar-refractivity contribution >= 4 is 10.9 Å².